The molecule has 19 heavy (non-hydrogen) atoms. The van der Waals surface area contributed by atoms with Crippen LogP contribution in [0.25, 0.3) is 0 Å². The van der Waals surface area contributed by atoms with Gasteiger partial charge in [0.15, 0.2) is 0 Å². The second-order valence-electron chi connectivity index (χ2n) is 5.76. The molecule has 1 unspecified atom stereocenters. The Kier molecular flexibility index (Phi) is 5.91. The highest BCUT2D eigenvalue weighted by molar-refractivity contribution is 5.19. The van der Waals surface area contributed by atoms with Crippen LogP contribution in [0.1, 0.15) is 39.3 Å². The number of rotatable bonds is 6. The van der Waals surface area contributed by atoms with Gasteiger partial charge in [-0.05, 0) is 45.4 Å². The maximum atomic E-state index is 13.1. The molecule has 0 aliphatic heterocycles. The molecule has 0 radical (unpaired) electrons. The van der Waals surface area contributed by atoms with Gasteiger partial charge >= 0.3 is 0 Å². The predicted molar refractivity (Wildman–Crippen MR) is 74.5 cm³/mol. The van der Waals surface area contributed by atoms with Crippen molar-refractivity contribution in [3.8, 4) is 0 Å². The van der Waals surface area contributed by atoms with Crippen LogP contribution >= 0.6 is 0 Å². The first kappa shape index (κ1) is 16.1. The number of aliphatic hydroxyl groups excluding tert-OH is 1. The van der Waals surface area contributed by atoms with E-state index in [1.54, 1.807) is 6.07 Å². The first-order valence-electron chi connectivity index (χ1n) is 6.59. The average molecular weight is 269 g/mol. The Morgan fingerprint density at radius 2 is 2.05 bits per heavy atom. The van der Waals surface area contributed by atoms with Crippen molar-refractivity contribution in [1.82, 2.24) is 5.32 Å². The van der Waals surface area contributed by atoms with E-state index in [2.05, 4.69) is 5.32 Å². The highest BCUT2D eigenvalue weighted by Crippen LogP contribution is 2.13. The fourth-order valence-electron chi connectivity index (χ4n) is 1.61. The molecule has 0 saturated carbocycles. The number of aliphatic hydroxyl groups is 1. The lowest BCUT2D eigenvalue weighted by Gasteiger charge is -2.23. The monoisotopic (exact) mass is 269 g/mol. The van der Waals surface area contributed by atoms with E-state index in [0.717, 1.165) is 5.56 Å². The van der Waals surface area contributed by atoms with Gasteiger partial charge in [0.2, 0.25) is 0 Å². The van der Waals surface area contributed by atoms with Crippen molar-refractivity contribution in [3.63, 3.8) is 0 Å². The summed E-state index contributed by atoms with van der Waals surface area (Å²) in [6.07, 6.45) is -0.574. The minimum Gasteiger partial charge on any atom is -0.389 e. The van der Waals surface area contributed by atoms with E-state index in [0.29, 0.717) is 6.54 Å². The molecule has 1 aromatic carbocycles. The molecule has 4 heteroatoms. The number of halogens is 1. The van der Waals surface area contributed by atoms with Gasteiger partial charge in [0.05, 0.1) is 18.3 Å². The minimum atomic E-state index is -0.574. The van der Waals surface area contributed by atoms with Gasteiger partial charge in [0.25, 0.3) is 0 Å². The molecule has 0 heterocycles. The summed E-state index contributed by atoms with van der Waals surface area (Å²) in [7, 11) is 0. The summed E-state index contributed by atoms with van der Waals surface area (Å²) in [4.78, 5) is 0. The smallest absolute Gasteiger partial charge is 0.123 e. The first-order chi connectivity index (χ1) is 8.78. The van der Waals surface area contributed by atoms with E-state index in [1.807, 2.05) is 33.8 Å². The summed E-state index contributed by atoms with van der Waals surface area (Å²) in [5.41, 5.74) is 0.610. The zero-order chi connectivity index (χ0) is 14.5. The van der Waals surface area contributed by atoms with E-state index in [1.165, 1.54) is 12.1 Å². The number of ether oxygens (including phenoxy) is 1. The maximum absolute atomic E-state index is 13.1. The Balaban J connectivity index is 2.36. The molecule has 1 aromatic rings. The molecule has 0 aliphatic carbocycles. The Bertz CT molecular complexity index is 390. The number of benzene rings is 1. The van der Waals surface area contributed by atoms with Crippen molar-refractivity contribution in [3.05, 3.63) is 35.6 Å². The topological polar surface area (TPSA) is 41.5 Å². The normalized spacial score (nSPS) is 15.3. The quantitative estimate of drug-likeness (QED) is 0.834. The Labute approximate surface area is 114 Å². The first-order valence-corrected chi connectivity index (χ1v) is 6.59. The minimum absolute atomic E-state index is 0.0139. The van der Waals surface area contributed by atoms with Gasteiger partial charge in [-0.15, -0.1) is 0 Å². The molecular formula is C15H24FNO2. The largest absolute Gasteiger partial charge is 0.389 e. The summed E-state index contributed by atoms with van der Waals surface area (Å²) < 4.78 is 18.6. The third kappa shape index (κ3) is 6.66. The molecule has 0 saturated heterocycles. The Hall–Kier alpha value is -0.970. The average Bonchev–Trinajstić information content (AvgIpc) is 2.32. The van der Waals surface area contributed by atoms with Crippen LogP contribution in [-0.2, 0) is 4.74 Å². The van der Waals surface area contributed by atoms with E-state index >= 15 is 0 Å². The summed E-state index contributed by atoms with van der Waals surface area (Å²) in [5, 5.41) is 13.0. The Morgan fingerprint density at radius 3 is 2.63 bits per heavy atom. The number of hydrogen-bond acceptors (Lipinski definition) is 3. The van der Waals surface area contributed by atoms with Gasteiger partial charge in [-0.25, -0.2) is 4.39 Å². The molecule has 0 aromatic heterocycles. The lowest BCUT2D eigenvalue weighted by molar-refractivity contribution is -0.0482. The molecule has 2 N–H and O–H groups in total. The van der Waals surface area contributed by atoms with Gasteiger partial charge < -0.3 is 15.2 Å². The molecule has 0 amide bonds. The number of nitrogens with one attached hydrogen (secondary N) is 1. The van der Waals surface area contributed by atoms with E-state index < -0.39 is 6.10 Å². The van der Waals surface area contributed by atoms with Crippen molar-refractivity contribution in [2.24, 2.45) is 0 Å². The van der Waals surface area contributed by atoms with Crippen LogP contribution in [0.3, 0.4) is 0 Å². The molecule has 3 nitrogen and oxygen atoms in total. The van der Waals surface area contributed by atoms with Crippen LogP contribution in [-0.4, -0.2) is 30.0 Å². The second-order valence-corrected chi connectivity index (χ2v) is 5.76. The fourth-order valence-corrected chi connectivity index (χ4v) is 1.61. The van der Waals surface area contributed by atoms with E-state index in [9.17, 15) is 9.50 Å². The van der Waals surface area contributed by atoms with Gasteiger partial charge in [0, 0.05) is 12.6 Å². The van der Waals surface area contributed by atoms with Crippen LogP contribution in [0.2, 0.25) is 0 Å². The highest BCUT2D eigenvalue weighted by atomic mass is 19.1. The standard InChI is InChI=1S/C15H24FNO2/c1-11(12-6-5-7-13(16)8-12)17-9-14(18)10-19-15(2,3)4/h5-8,11,14,17-18H,9-10H2,1-4H3/t11-,14?/m0/s1. The molecule has 0 fully saturated rings. The second kappa shape index (κ2) is 6.98. The molecule has 2 atom stereocenters. The highest BCUT2D eigenvalue weighted by Gasteiger charge is 2.14. The number of hydrogen-bond donors (Lipinski definition) is 2. The van der Waals surface area contributed by atoms with E-state index in [-0.39, 0.29) is 24.1 Å². The molecule has 1 rings (SSSR count). The van der Waals surface area contributed by atoms with Crippen molar-refractivity contribution in [1.29, 1.82) is 0 Å². The lowest BCUT2D eigenvalue weighted by Crippen LogP contribution is -2.34. The molecular weight excluding hydrogens is 245 g/mol. The fraction of sp³-hybridized carbons (Fsp3) is 0.600. The van der Waals surface area contributed by atoms with Crippen LogP contribution in [0, 0.1) is 5.82 Å². The van der Waals surface area contributed by atoms with Crippen LogP contribution < -0.4 is 5.32 Å². The lowest BCUT2D eigenvalue weighted by atomic mass is 10.1. The van der Waals surface area contributed by atoms with Crippen molar-refractivity contribution in [2.45, 2.75) is 45.4 Å². The van der Waals surface area contributed by atoms with E-state index in [4.69, 9.17) is 4.74 Å². The zero-order valence-corrected chi connectivity index (χ0v) is 12.1. The van der Waals surface area contributed by atoms with Gasteiger partial charge in [-0.1, -0.05) is 12.1 Å². The van der Waals surface area contributed by atoms with Crippen LogP contribution in [0.5, 0.6) is 0 Å². The predicted octanol–water partition coefficient (Wildman–Crippen LogP) is 2.65. The summed E-state index contributed by atoms with van der Waals surface area (Å²) in [5.74, 6) is -0.247. The van der Waals surface area contributed by atoms with Gasteiger partial charge in [0.1, 0.15) is 5.82 Å². The van der Waals surface area contributed by atoms with Crippen LogP contribution in [0.4, 0.5) is 4.39 Å². The molecule has 0 bridgehead atoms. The van der Waals surface area contributed by atoms with Crippen molar-refractivity contribution in [2.75, 3.05) is 13.2 Å². The SMILES string of the molecule is C[C@H](NCC(O)COC(C)(C)C)c1cccc(F)c1. The maximum Gasteiger partial charge on any atom is 0.123 e. The molecule has 0 spiro atoms. The van der Waals surface area contributed by atoms with Crippen molar-refractivity contribution >= 4 is 0 Å². The molecule has 108 valence electrons. The van der Waals surface area contributed by atoms with Crippen LogP contribution in [0.15, 0.2) is 24.3 Å². The summed E-state index contributed by atoms with van der Waals surface area (Å²) in [6, 6.07) is 6.44. The Morgan fingerprint density at radius 1 is 1.37 bits per heavy atom. The zero-order valence-electron chi connectivity index (χ0n) is 12.1. The molecule has 0 aliphatic rings. The van der Waals surface area contributed by atoms with Gasteiger partial charge in [-0.2, -0.15) is 0 Å². The summed E-state index contributed by atoms with van der Waals surface area (Å²) >= 11 is 0. The third-order valence-corrected chi connectivity index (χ3v) is 2.72. The third-order valence-electron chi connectivity index (χ3n) is 2.72. The summed E-state index contributed by atoms with van der Waals surface area (Å²) in [6.45, 7) is 8.47. The van der Waals surface area contributed by atoms with Crippen molar-refractivity contribution < 1.29 is 14.2 Å². The van der Waals surface area contributed by atoms with Gasteiger partial charge in [-0.3, -0.25) is 0 Å².